The Kier molecular flexibility index (Phi) is 9.34. The number of ether oxygens (including phenoxy) is 1. The molecule has 1 aromatic heterocycles. The van der Waals surface area contributed by atoms with Gasteiger partial charge in [-0.05, 0) is 37.8 Å². The summed E-state index contributed by atoms with van der Waals surface area (Å²) in [5.74, 6) is 1.82. The van der Waals surface area contributed by atoms with Gasteiger partial charge in [-0.2, -0.15) is 0 Å². The van der Waals surface area contributed by atoms with Crippen molar-refractivity contribution in [2.45, 2.75) is 51.0 Å². The fraction of sp³-hybridized carbons (Fsp3) is 0.722. The van der Waals surface area contributed by atoms with Crippen LogP contribution in [0.4, 0.5) is 0 Å². The third-order valence-corrected chi connectivity index (χ3v) is 4.10. The topological polar surface area (TPSA) is 79.0 Å². The molecule has 1 aliphatic heterocycles. The number of hydrogen-bond donors (Lipinski definition) is 3. The van der Waals surface area contributed by atoms with Gasteiger partial charge in [-0.15, -0.1) is 0 Å². The largest absolute Gasteiger partial charge is 0.469 e. The number of aliphatic hydroxyl groups is 1. The van der Waals surface area contributed by atoms with Crippen LogP contribution in [-0.4, -0.2) is 50.0 Å². The molecule has 6 nitrogen and oxygen atoms in total. The van der Waals surface area contributed by atoms with Crippen LogP contribution in [0.2, 0.25) is 0 Å². The summed E-state index contributed by atoms with van der Waals surface area (Å²) in [5, 5.41) is 15.6. The van der Waals surface area contributed by atoms with Gasteiger partial charge in [0.25, 0.3) is 0 Å². The van der Waals surface area contributed by atoms with Crippen molar-refractivity contribution in [1.29, 1.82) is 0 Å². The predicted octanol–water partition coefficient (Wildman–Crippen LogP) is 2.09. The first-order valence-electron chi connectivity index (χ1n) is 9.15. The first kappa shape index (κ1) is 18.8. The van der Waals surface area contributed by atoms with E-state index >= 15 is 0 Å². The zero-order valence-corrected chi connectivity index (χ0v) is 14.5. The molecule has 2 rings (SSSR count). The molecule has 0 radical (unpaired) electrons. The molecule has 1 saturated heterocycles. The monoisotopic (exact) mass is 337 g/mol. The molecule has 1 aromatic rings. The molecule has 0 aromatic carbocycles. The summed E-state index contributed by atoms with van der Waals surface area (Å²) in [4.78, 5) is 4.66. The Labute approximate surface area is 144 Å². The van der Waals surface area contributed by atoms with Crippen molar-refractivity contribution < 1.29 is 14.3 Å². The Balaban J connectivity index is 1.68. The van der Waals surface area contributed by atoms with E-state index in [1.54, 1.807) is 6.26 Å². The summed E-state index contributed by atoms with van der Waals surface area (Å²) in [5.41, 5.74) is 0. The second kappa shape index (κ2) is 11.9. The second-order valence-electron chi connectivity index (χ2n) is 6.15. The summed E-state index contributed by atoms with van der Waals surface area (Å²) in [6, 6.07) is 3.89. The number of aliphatic hydroxyl groups excluding tert-OH is 1. The molecule has 6 heteroatoms. The molecule has 24 heavy (non-hydrogen) atoms. The van der Waals surface area contributed by atoms with E-state index in [1.165, 1.54) is 0 Å². The Morgan fingerprint density at radius 2 is 2.08 bits per heavy atom. The number of guanidine groups is 1. The number of nitrogens with one attached hydrogen (secondary N) is 2. The van der Waals surface area contributed by atoms with Gasteiger partial charge in [-0.3, -0.25) is 4.99 Å². The SMILES string of the molecule is OCCCCCCNC(=NCC1CCCO1)NCCc1ccco1. The molecule has 3 N–H and O–H groups in total. The number of hydrogen-bond acceptors (Lipinski definition) is 4. The van der Waals surface area contributed by atoms with Crippen LogP contribution in [0.15, 0.2) is 27.8 Å². The minimum atomic E-state index is 0.262. The van der Waals surface area contributed by atoms with Crippen molar-refractivity contribution in [2.75, 3.05) is 32.8 Å². The number of furan rings is 1. The van der Waals surface area contributed by atoms with E-state index in [4.69, 9.17) is 14.3 Å². The summed E-state index contributed by atoms with van der Waals surface area (Å²) in [6.07, 6.45) is 9.21. The molecule has 136 valence electrons. The number of rotatable bonds is 11. The Morgan fingerprint density at radius 3 is 2.83 bits per heavy atom. The Bertz CT molecular complexity index is 442. The van der Waals surface area contributed by atoms with E-state index < -0.39 is 0 Å². The number of aliphatic imine (C=N–C) groups is 1. The third kappa shape index (κ3) is 7.84. The molecule has 1 atom stereocenters. The molecule has 0 saturated carbocycles. The fourth-order valence-electron chi connectivity index (χ4n) is 2.71. The van der Waals surface area contributed by atoms with Gasteiger partial charge in [0, 0.05) is 32.7 Å². The zero-order chi connectivity index (χ0) is 16.9. The first-order valence-corrected chi connectivity index (χ1v) is 9.15. The minimum Gasteiger partial charge on any atom is -0.469 e. The maximum Gasteiger partial charge on any atom is 0.191 e. The van der Waals surface area contributed by atoms with Crippen LogP contribution < -0.4 is 10.6 Å². The molecule has 1 fully saturated rings. The molecule has 0 amide bonds. The van der Waals surface area contributed by atoms with E-state index in [9.17, 15) is 0 Å². The molecule has 0 spiro atoms. The van der Waals surface area contributed by atoms with Gasteiger partial charge in [0.15, 0.2) is 5.96 Å². The van der Waals surface area contributed by atoms with Crippen LogP contribution in [0.5, 0.6) is 0 Å². The average molecular weight is 337 g/mol. The van der Waals surface area contributed by atoms with Gasteiger partial charge in [0.1, 0.15) is 5.76 Å². The Morgan fingerprint density at radius 1 is 1.21 bits per heavy atom. The smallest absolute Gasteiger partial charge is 0.191 e. The van der Waals surface area contributed by atoms with Crippen molar-refractivity contribution in [3.63, 3.8) is 0 Å². The fourth-order valence-corrected chi connectivity index (χ4v) is 2.71. The highest BCUT2D eigenvalue weighted by Gasteiger charge is 2.14. The summed E-state index contributed by atoms with van der Waals surface area (Å²) in [7, 11) is 0. The van der Waals surface area contributed by atoms with Crippen molar-refractivity contribution in [3.05, 3.63) is 24.2 Å². The number of unbranched alkanes of at least 4 members (excludes halogenated alkanes) is 3. The molecule has 0 aliphatic carbocycles. The van der Waals surface area contributed by atoms with Crippen molar-refractivity contribution >= 4 is 5.96 Å². The van der Waals surface area contributed by atoms with E-state index in [1.807, 2.05) is 12.1 Å². The van der Waals surface area contributed by atoms with E-state index in [0.717, 1.165) is 76.4 Å². The lowest BCUT2D eigenvalue weighted by molar-refractivity contribution is 0.117. The van der Waals surface area contributed by atoms with Gasteiger partial charge in [-0.25, -0.2) is 0 Å². The lowest BCUT2D eigenvalue weighted by atomic mass is 10.2. The molecule has 0 bridgehead atoms. The van der Waals surface area contributed by atoms with E-state index in [2.05, 4.69) is 15.6 Å². The van der Waals surface area contributed by atoms with Crippen LogP contribution in [-0.2, 0) is 11.2 Å². The lowest BCUT2D eigenvalue weighted by Gasteiger charge is -2.13. The standard InChI is InChI=1S/C18H31N3O3/c22-12-4-2-1-3-10-19-18(21-15-17-8-6-14-24-17)20-11-9-16-7-5-13-23-16/h5,7,13,17,22H,1-4,6,8-12,14-15H2,(H2,19,20,21). The van der Waals surface area contributed by atoms with E-state index in [-0.39, 0.29) is 12.7 Å². The molecular weight excluding hydrogens is 306 g/mol. The summed E-state index contributed by atoms with van der Waals surface area (Å²) < 4.78 is 11.0. The van der Waals surface area contributed by atoms with Crippen LogP contribution in [0, 0.1) is 0 Å². The van der Waals surface area contributed by atoms with Crippen molar-refractivity contribution in [1.82, 2.24) is 10.6 Å². The van der Waals surface area contributed by atoms with E-state index in [0.29, 0.717) is 6.54 Å². The third-order valence-electron chi connectivity index (χ3n) is 4.10. The van der Waals surface area contributed by atoms with Crippen LogP contribution in [0.25, 0.3) is 0 Å². The molecule has 1 unspecified atom stereocenters. The molecule has 1 aliphatic rings. The zero-order valence-electron chi connectivity index (χ0n) is 14.5. The summed E-state index contributed by atoms with van der Waals surface area (Å²) >= 11 is 0. The first-order chi connectivity index (χ1) is 11.9. The van der Waals surface area contributed by atoms with Gasteiger partial charge in [0.05, 0.1) is 18.9 Å². The van der Waals surface area contributed by atoms with Crippen molar-refractivity contribution in [2.24, 2.45) is 4.99 Å². The van der Waals surface area contributed by atoms with Crippen LogP contribution in [0.3, 0.4) is 0 Å². The van der Waals surface area contributed by atoms with Gasteiger partial charge in [-0.1, -0.05) is 12.8 Å². The van der Waals surface area contributed by atoms with Gasteiger partial charge >= 0.3 is 0 Å². The second-order valence-corrected chi connectivity index (χ2v) is 6.15. The Hall–Kier alpha value is -1.53. The highest BCUT2D eigenvalue weighted by Crippen LogP contribution is 2.11. The van der Waals surface area contributed by atoms with Crippen molar-refractivity contribution in [3.8, 4) is 0 Å². The summed E-state index contributed by atoms with van der Waals surface area (Å²) in [6.45, 7) is 3.54. The number of nitrogens with zero attached hydrogens (tertiary/aromatic N) is 1. The van der Waals surface area contributed by atoms with Crippen LogP contribution in [0.1, 0.15) is 44.3 Å². The predicted molar refractivity (Wildman–Crippen MR) is 95.2 cm³/mol. The quantitative estimate of drug-likeness (QED) is 0.327. The van der Waals surface area contributed by atoms with Gasteiger partial charge in [0.2, 0.25) is 0 Å². The molecular formula is C18H31N3O3. The van der Waals surface area contributed by atoms with Gasteiger partial charge < -0.3 is 24.9 Å². The lowest BCUT2D eigenvalue weighted by Crippen LogP contribution is -2.39. The highest BCUT2D eigenvalue weighted by atomic mass is 16.5. The maximum absolute atomic E-state index is 8.80. The normalized spacial score (nSPS) is 18.0. The average Bonchev–Trinajstić information content (AvgIpc) is 3.28. The highest BCUT2D eigenvalue weighted by molar-refractivity contribution is 5.79. The maximum atomic E-state index is 8.80. The van der Waals surface area contributed by atoms with Crippen LogP contribution >= 0.6 is 0 Å². The molecule has 2 heterocycles. The minimum absolute atomic E-state index is 0.262.